The van der Waals surface area contributed by atoms with Gasteiger partial charge in [0.1, 0.15) is 5.69 Å². The van der Waals surface area contributed by atoms with Crippen molar-refractivity contribution in [3.8, 4) is 0 Å². The van der Waals surface area contributed by atoms with Crippen LogP contribution < -0.4 is 11.1 Å². The Balaban J connectivity index is 1.98. The van der Waals surface area contributed by atoms with Crippen LogP contribution in [0.2, 0.25) is 0 Å². The molecule has 25 heavy (non-hydrogen) atoms. The van der Waals surface area contributed by atoms with E-state index in [0.29, 0.717) is 10.2 Å². The monoisotopic (exact) mass is 407 g/mol. The van der Waals surface area contributed by atoms with Gasteiger partial charge in [0.25, 0.3) is 11.6 Å². The summed E-state index contributed by atoms with van der Waals surface area (Å²) in [4.78, 5) is 33.9. The molecule has 0 saturated carbocycles. The van der Waals surface area contributed by atoms with E-state index < -0.39 is 29.1 Å². The fourth-order valence-electron chi connectivity index (χ4n) is 1.95. The molecular weight excluding hydrogens is 394 g/mol. The SMILES string of the molecule is Cc1ccc(NC(=O)COC(=O)c2ccc(N)c([N+](=O)[O-])c2)c(Br)c1. The Hall–Kier alpha value is -2.94. The number of carbonyl (C=O) groups is 2. The summed E-state index contributed by atoms with van der Waals surface area (Å²) in [6, 6.07) is 8.89. The van der Waals surface area contributed by atoms with Gasteiger partial charge in [0.15, 0.2) is 6.61 Å². The average Bonchev–Trinajstić information content (AvgIpc) is 2.55. The molecule has 0 aliphatic heterocycles. The number of nitrogens with one attached hydrogen (secondary N) is 1. The van der Waals surface area contributed by atoms with Gasteiger partial charge in [-0.05, 0) is 52.7 Å². The van der Waals surface area contributed by atoms with Crippen LogP contribution >= 0.6 is 15.9 Å². The summed E-state index contributed by atoms with van der Waals surface area (Å²) < 4.78 is 5.57. The molecule has 0 unspecified atom stereocenters. The van der Waals surface area contributed by atoms with Gasteiger partial charge in [-0.25, -0.2) is 4.79 Å². The summed E-state index contributed by atoms with van der Waals surface area (Å²) in [6.45, 7) is 1.38. The number of halogens is 1. The van der Waals surface area contributed by atoms with E-state index in [1.54, 1.807) is 6.07 Å². The van der Waals surface area contributed by atoms with E-state index in [2.05, 4.69) is 21.2 Å². The Kier molecular flexibility index (Phi) is 5.71. The van der Waals surface area contributed by atoms with Crippen LogP contribution in [-0.2, 0) is 9.53 Å². The summed E-state index contributed by atoms with van der Waals surface area (Å²) in [6.07, 6.45) is 0. The Morgan fingerprint density at radius 1 is 1.28 bits per heavy atom. The van der Waals surface area contributed by atoms with Crippen LogP contribution in [-0.4, -0.2) is 23.4 Å². The molecule has 130 valence electrons. The number of esters is 1. The topological polar surface area (TPSA) is 125 Å². The molecule has 2 aromatic rings. The zero-order valence-corrected chi connectivity index (χ0v) is 14.7. The smallest absolute Gasteiger partial charge is 0.338 e. The summed E-state index contributed by atoms with van der Waals surface area (Å²) in [5.74, 6) is -1.40. The number of nitrogen functional groups attached to an aromatic ring is 1. The van der Waals surface area contributed by atoms with Crippen molar-refractivity contribution in [1.82, 2.24) is 0 Å². The summed E-state index contributed by atoms with van der Waals surface area (Å²) in [7, 11) is 0. The first-order chi connectivity index (χ1) is 11.8. The third-order valence-corrected chi connectivity index (χ3v) is 3.85. The molecule has 2 rings (SSSR count). The van der Waals surface area contributed by atoms with E-state index in [1.807, 2.05) is 19.1 Å². The maximum Gasteiger partial charge on any atom is 0.338 e. The Bertz CT molecular complexity index is 854. The van der Waals surface area contributed by atoms with Crippen molar-refractivity contribution >= 4 is 44.9 Å². The van der Waals surface area contributed by atoms with Gasteiger partial charge in [-0.15, -0.1) is 0 Å². The lowest BCUT2D eigenvalue weighted by Crippen LogP contribution is -2.21. The molecule has 0 aliphatic carbocycles. The lowest BCUT2D eigenvalue weighted by Gasteiger charge is -2.09. The first kappa shape index (κ1) is 18.4. The highest BCUT2D eigenvalue weighted by Crippen LogP contribution is 2.24. The Morgan fingerprint density at radius 3 is 2.64 bits per heavy atom. The predicted molar refractivity (Wildman–Crippen MR) is 95.3 cm³/mol. The van der Waals surface area contributed by atoms with Crippen LogP contribution in [0.15, 0.2) is 40.9 Å². The number of hydrogen-bond acceptors (Lipinski definition) is 6. The highest BCUT2D eigenvalue weighted by molar-refractivity contribution is 9.10. The van der Waals surface area contributed by atoms with Crippen molar-refractivity contribution in [2.75, 3.05) is 17.7 Å². The van der Waals surface area contributed by atoms with Gasteiger partial charge < -0.3 is 15.8 Å². The van der Waals surface area contributed by atoms with Gasteiger partial charge in [0.05, 0.1) is 16.2 Å². The molecule has 0 bridgehead atoms. The summed E-state index contributed by atoms with van der Waals surface area (Å²) in [5.41, 5.74) is 6.48. The standard InChI is InChI=1S/C16H14BrN3O5/c1-9-2-5-13(11(17)6-9)19-15(21)8-25-16(22)10-3-4-12(18)14(7-10)20(23)24/h2-7H,8,18H2,1H3,(H,19,21). The second kappa shape index (κ2) is 7.75. The number of carbonyl (C=O) groups excluding carboxylic acids is 2. The molecule has 0 spiro atoms. The number of anilines is 2. The number of rotatable bonds is 5. The molecule has 8 nitrogen and oxygen atoms in total. The van der Waals surface area contributed by atoms with Crippen LogP contribution in [0.5, 0.6) is 0 Å². The minimum absolute atomic E-state index is 0.0646. The number of aryl methyl sites for hydroxylation is 1. The van der Waals surface area contributed by atoms with Gasteiger partial charge in [-0.1, -0.05) is 6.07 Å². The van der Waals surface area contributed by atoms with Crippen molar-refractivity contribution in [2.24, 2.45) is 0 Å². The molecule has 0 aromatic heterocycles. The van der Waals surface area contributed by atoms with E-state index >= 15 is 0 Å². The molecule has 0 heterocycles. The number of nitrogens with zero attached hydrogens (tertiary/aromatic N) is 1. The molecule has 2 aromatic carbocycles. The van der Waals surface area contributed by atoms with E-state index in [-0.39, 0.29) is 11.3 Å². The largest absolute Gasteiger partial charge is 0.452 e. The Morgan fingerprint density at radius 2 is 2.00 bits per heavy atom. The van der Waals surface area contributed by atoms with Gasteiger partial charge in [-0.3, -0.25) is 14.9 Å². The van der Waals surface area contributed by atoms with Crippen molar-refractivity contribution in [2.45, 2.75) is 6.92 Å². The third kappa shape index (κ3) is 4.77. The normalized spacial score (nSPS) is 10.2. The maximum atomic E-state index is 11.9. The highest BCUT2D eigenvalue weighted by atomic mass is 79.9. The van der Waals surface area contributed by atoms with Gasteiger partial charge >= 0.3 is 5.97 Å². The molecule has 3 N–H and O–H groups in total. The number of nitro groups is 1. The van der Waals surface area contributed by atoms with E-state index in [9.17, 15) is 19.7 Å². The fourth-order valence-corrected chi connectivity index (χ4v) is 2.54. The molecule has 0 saturated heterocycles. The number of hydrogen-bond donors (Lipinski definition) is 2. The van der Waals surface area contributed by atoms with E-state index in [1.165, 1.54) is 12.1 Å². The number of nitro benzene ring substituents is 1. The van der Waals surface area contributed by atoms with Crippen molar-refractivity contribution in [3.63, 3.8) is 0 Å². The van der Waals surface area contributed by atoms with E-state index in [0.717, 1.165) is 11.6 Å². The highest BCUT2D eigenvalue weighted by Gasteiger charge is 2.17. The number of nitrogens with two attached hydrogens (primary N) is 1. The molecule has 9 heteroatoms. The zero-order valence-electron chi connectivity index (χ0n) is 13.1. The van der Waals surface area contributed by atoms with Crippen LogP contribution in [0.1, 0.15) is 15.9 Å². The average molecular weight is 408 g/mol. The Labute approximate surface area is 151 Å². The predicted octanol–water partition coefficient (Wildman–Crippen LogP) is 3.04. The second-order valence-corrected chi connectivity index (χ2v) is 5.99. The van der Waals surface area contributed by atoms with Gasteiger partial charge in [0, 0.05) is 10.5 Å². The minimum Gasteiger partial charge on any atom is -0.452 e. The molecule has 0 fully saturated rings. The maximum absolute atomic E-state index is 11.9. The fraction of sp³-hybridized carbons (Fsp3) is 0.125. The van der Waals surface area contributed by atoms with E-state index in [4.69, 9.17) is 10.5 Å². The van der Waals surface area contributed by atoms with Crippen LogP contribution in [0.4, 0.5) is 17.1 Å². The second-order valence-electron chi connectivity index (χ2n) is 5.14. The molecule has 0 aliphatic rings. The van der Waals surface area contributed by atoms with Gasteiger partial charge in [-0.2, -0.15) is 0 Å². The van der Waals surface area contributed by atoms with Gasteiger partial charge in [0.2, 0.25) is 0 Å². The third-order valence-electron chi connectivity index (χ3n) is 3.20. The molecule has 0 atom stereocenters. The number of benzene rings is 2. The van der Waals surface area contributed by atoms with Crippen molar-refractivity contribution < 1.29 is 19.2 Å². The lowest BCUT2D eigenvalue weighted by atomic mass is 10.2. The number of ether oxygens (including phenoxy) is 1. The van der Waals surface area contributed by atoms with Crippen LogP contribution in [0.3, 0.4) is 0 Å². The molecule has 1 amide bonds. The summed E-state index contributed by atoms with van der Waals surface area (Å²) >= 11 is 3.32. The summed E-state index contributed by atoms with van der Waals surface area (Å²) in [5, 5.41) is 13.4. The zero-order chi connectivity index (χ0) is 18.6. The van der Waals surface area contributed by atoms with Crippen molar-refractivity contribution in [3.05, 3.63) is 62.1 Å². The number of amides is 1. The minimum atomic E-state index is -0.860. The first-order valence-corrected chi connectivity index (χ1v) is 7.84. The van der Waals surface area contributed by atoms with Crippen molar-refractivity contribution in [1.29, 1.82) is 0 Å². The molecule has 0 radical (unpaired) electrons. The van der Waals surface area contributed by atoms with Crippen LogP contribution in [0.25, 0.3) is 0 Å². The lowest BCUT2D eigenvalue weighted by molar-refractivity contribution is -0.383. The quantitative estimate of drug-likeness (QED) is 0.339. The van der Waals surface area contributed by atoms with Crippen LogP contribution in [0, 0.1) is 17.0 Å². The molecular formula is C16H14BrN3O5. The first-order valence-electron chi connectivity index (χ1n) is 7.05.